The van der Waals surface area contributed by atoms with Crippen LogP contribution in [-0.4, -0.2) is 65.4 Å². The number of aliphatic hydroxyl groups excluding tert-OH is 3. The summed E-state index contributed by atoms with van der Waals surface area (Å²) in [6.45, 7) is 0.125. The molecular formula is C16H18N6O4. The van der Waals surface area contributed by atoms with E-state index in [1.165, 1.54) is 10.9 Å². The number of aliphatic hydroxyl groups is 3. The molecule has 0 unspecified atom stereocenters. The minimum absolute atomic E-state index is 0.412. The zero-order chi connectivity index (χ0) is 18.1. The van der Waals surface area contributed by atoms with Crippen LogP contribution < -0.4 is 5.32 Å². The molecule has 0 spiro atoms. The number of anilines is 1. The van der Waals surface area contributed by atoms with Crippen LogP contribution in [0.25, 0.3) is 11.0 Å². The molecule has 1 saturated heterocycles. The summed E-state index contributed by atoms with van der Waals surface area (Å²) in [7, 11) is 0. The summed E-state index contributed by atoms with van der Waals surface area (Å²) in [5, 5.41) is 48.6. The Morgan fingerprint density at radius 1 is 1.12 bits per heavy atom. The Labute approximate surface area is 148 Å². The number of benzene rings is 1. The van der Waals surface area contributed by atoms with Gasteiger partial charge < -0.3 is 25.4 Å². The summed E-state index contributed by atoms with van der Waals surface area (Å²) in [6.07, 6.45) is -2.86. The number of rotatable bonds is 5. The molecule has 3 heterocycles. The molecule has 1 aromatic carbocycles. The highest BCUT2D eigenvalue weighted by molar-refractivity contribution is 5.84. The van der Waals surface area contributed by atoms with Crippen molar-refractivity contribution >= 4 is 16.9 Å². The van der Waals surface area contributed by atoms with E-state index in [9.17, 15) is 15.3 Å². The molecule has 0 aliphatic carbocycles. The molecule has 1 aliphatic heterocycles. The van der Waals surface area contributed by atoms with Crippen LogP contribution in [0.4, 0.5) is 5.82 Å². The van der Waals surface area contributed by atoms with Crippen molar-refractivity contribution in [2.45, 2.75) is 31.1 Å². The highest BCUT2D eigenvalue weighted by atomic mass is 16.6. The molecule has 0 radical (unpaired) electrons. The van der Waals surface area contributed by atoms with Gasteiger partial charge in [-0.25, -0.2) is 4.68 Å². The minimum atomic E-state index is -1.24. The standard InChI is InChI=1S/C16H18N6O4/c23-8-11-13(24)14(25)16(26-11)22-10-7-18-20-15(12(10)19-21-22)17-6-9-4-2-1-3-5-9/h1-5,7,11,13-14,16,23-25H,6,8H2,(H,17,20)/t11-,13-,14-,16-/m1/s1. The van der Waals surface area contributed by atoms with E-state index in [0.717, 1.165) is 5.56 Å². The van der Waals surface area contributed by atoms with Gasteiger partial charge in [-0.3, -0.25) is 0 Å². The third kappa shape index (κ3) is 2.88. The summed E-state index contributed by atoms with van der Waals surface area (Å²) in [6, 6.07) is 9.80. The van der Waals surface area contributed by atoms with Crippen molar-refractivity contribution in [2.75, 3.05) is 11.9 Å². The number of hydrogen-bond acceptors (Lipinski definition) is 9. The molecule has 10 heteroatoms. The fraction of sp³-hybridized carbons (Fsp3) is 0.375. The predicted octanol–water partition coefficient (Wildman–Crippen LogP) is -0.555. The van der Waals surface area contributed by atoms with E-state index >= 15 is 0 Å². The third-order valence-electron chi connectivity index (χ3n) is 4.35. The van der Waals surface area contributed by atoms with Crippen molar-refractivity contribution in [3.8, 4) is 0 Å². The smallest absolute Gasteiger partial charge is 0.181 e. The van der Waals surface area contributed by atoms with E-state index in [1.54, 1.807) is 0 Å². The minimum Gasteiger partial charge on any atom is -0.394 e. The highest BCUT2D eigenvalue weighted by Crippen LogP contribution is 2.31. The molecule has 1 fully saturated rings. The first-order chi connectivity index (χ1) is 12.7. The van der Waals surface area contributed by atoms with Gasteiger partial charge in [0, 0.05) is 6.54 Å². The average molecular weight is 358 g/mol. The summed E-state index contributed by atoms with van der Waals surface area (Å²) in [4.78, 5) is 0. The molecule has 4 N–H and O–H groups in total. The van der Waals surface area contributed by atoms with Crippen LogP contribution in [-0.2, 0) is 11.3 Å². The van der Waals surface area contributed by atoms with Gasteiger partial charge in [0.1, 0.15) is 23.8 Å². The lowest BCUT2D eigenvalue weighted by Gasteiger charge is -2.15. The molecule has 2 aromatic heterocycles. The third-order valence-corrected chi connectivity index (χ3v) is 4.35. The van der Waals surface area contributed by atoms with Crippen molar-refractivity contribution in [3.05, 3.63) is 42.1 Å². The zero-order valence-corrected chi connectivity index (χ0v) is 13.7. The van der Waals surface area contributed by atoms with Crippen LogP contribution in [0.15, 0.2) is 36.5 Å². The Hall–Kier alpha value is -2.66. The lowest BCUT2D eigenvalue weighted by Crippen LogP contribution is -2.33. The molecule has 26 heavy (non-hydrogen) atoms. The van der Waals surface area contributed by atoms with E-state index in [0.29, 0.717) is 23.4 Å². The lowest BCUT2D eigenvalue weighted by molar-refractivity contribution is -0.0572. The number of nitrogens with zero attached hydrogens (tertiary/aromatic N) is 5. The monoisotopic (exact) mass is 358 g/mol. The molecule has 10 nitrogen and oxygen atoms in total. The fourth-order valence-electron chi connectivity index (χ4n) is 2.95. The number of ether oxygens (including phenoxy) is 1. The van der Waals surface area contributed by atoms with Crippen LogP contribution in [0.3, 0.4) is 0 Å². The molecule has 0 bridgehead atoms. The van der Waals surface area contributed by atoms with E-state index in [1.807, 2.05) is 30.3 Å². The van der Waals surface area contributed by atoms with Crippen molar-refractivity contribution in [2.24, 2.45) is 0 Å². The van der Waals surface area contributed by atoms with Gasteiger partial charge in [-0.2, -0.15) is 5.10 Å². The first-order valence-electron chi connectivity index (χ1n) is 8.16. The summed E-state index contributed by atoms with van der Waals surface area (Å²) in [5.74, 6) is 0.448. The van der Waals surface area contributed by atoms with E-state index in [4.69, 9.17) is 4.74 Å². The largest absolute Gasteiger partial charge is 0.394 e. The predicted molar refractivity (Wildman–Crippen MR) is 89.9 cm³/mol. The Balaban J connectivity index is 1.61. The molecule has 136 valence electrons. The maximum Gasteiger partial charge on any atom is 0.181 e. The summed E-state index contributed by atoms with van der Waals surface area (Å²) < 4.78 is 6.83. The lowest BCUT2D eigenvalue weighted by atomic mass is 10.1. The average Bonchev–Trinajstić information content (AvgIpc) is 3.23. The molecular weight excluding hydrogens is 340 g/mol. The van der Waals surface area contributed by atoms with Gasteiger partial charge in [-0.15, -0.1) is 10.2 Å². The summed E-state index contributed by atoms with van der Waals surface area (Å²) >= 11 is 0. The van der Waals surface area contributed by atoms with Crippen LogP contribution >= 0.6 is 0 Å². The van der Waals surface area contributed by atoms with Crippen molar-refractivity contribution in [1.82, 2.24) is 25.2 Å². The molecule has 0 amide bonds. The maximum absolute atomic E-state index is 10.2. The number of hydrogen-bond donors (Lipinski definition) is 4. The highest BCUT2D eigenvalue weighted by Gasteiger charge is 2.44. The van der Waals surface area contributed by atoms with Gasteiger partial charge in [-0.1, -0.05) is 35.5 Å². The van der Waals surface area contributed by atoms with Crippen LogP contribution in [0, 0.1) is 0 Å². The molecule has 0 saturated carbocycles. The first-order valence-corrected chi connectivity index (χ1v) is 8.16. The van der Waals surface area contributed by atoms with Crippen molar-refractivity contribution < 1.29 is 20.1 Å². The van der Waals surface area contributed by atoms with Gasteiger partial charge in [0.05, 0.1) is 12.8 Å². The second-order valence-corrected chi connectivity index (χ2v) is 6.03. The Kier molecular flexibility index (Phi) is 4.47. The normalized spacial score (nSPS) is 25.7. The van der Waals surface area contributed by atoms with Crippen molar-refractivity contribution in [3.63, 3.8) is 0 Å². The van der Waals surface area contributed by atoms with E-state index < -0.39 is 31.1 Å². The zero-order valence-electron chi connectivity index (χ0n) is 13.7. The number of nitrogens with one attached hydrogen (secondary N) is 1. The Bertz CT molecular complexity index is 889. The van der Waals surface area contributed by atoms with Crippen LogP contribution in [0.2, 0.25) is 0 Å². The number of fused-ring (bicyclic) bond motifs is 1. The second-order valence-electron chi connectivity index (χ2n) is 6.03. The van der Waals surface area contributed by atoms with Crippen molar-refractivity contribution in [1.29, 1.82) is 0 Å². The SMILES string of the molecule is OC[C@H]1O[C@@H](n2nnc3c(NCc4ccccc4)nncc32)[C@H](O)[C@@H]1O. The molecule has 4 atom stereocenters. The van der Waals surface area contributed by atoms with Gasteiger partial charge in [0.25, 0.3) is 0 Å². The summed E-state index contributed by atoms with van der Waals surface area (Å²) in [5.41, 5.74) is 2.03. The molecule has 4 rings (SSSR count). The molecule has 1 aliphatic rings. The van der Waals surface area contributed by atoms with Gasteiger partial charge in [0.15, 0.2) is 17.6 Å². The van der Waals surface area contributed by atoms with Crippen LogP contribution in [0.1, 0.15) is 11.8 Å². The van der Waals surface area contributed by atoms with E-state index in [-0.39, 0.29) is 0 Å². The topological polar surface area (TPSA) is 138 Å². The first kappa shape index (κ1) is 16.8. The van der Waals surface area contributed by atoms with E-state index in [2.05, 4.69) is 25.8 Å². The maximum atomic E-state index is 10.2. The Morgan fingerprint density at radius 2 is 1.92 bits per heavy atom. The van der Waals surface area contributed by atoms with Gasteiger partial charge in [0.2, 0.25) is 0 Å². The fourth-order valence-corrected chi connectivity index (χ4v) is 2.95. The van der Waals surface area contributed by atoms with Crippen LogP contribution in [0.5, 0.6) is 0 Å². The quantitative estimate of drug-likeness (QED) is 0.473. The van der Waals surface area contributed by atoms with Gasteiger partial charge >= 0.3 is 0 Å². The van der Waals surface area contributed by atoms with Gasteiger partial charge in [-0.05, 0) is 5.56 Å². The second kappa shape index (κ2) is 6.92. The Morgan fingerprint density at radius 3 is 2.65 bits per heavy atom. The number of aromatic nitrogens is 5. The molecule has 3 aromatic rings.